The van der Waals surface area contributed by atoms with Crippen molar-refractivity contribution in [3.05, 3.63) is 34.4 Å². The van der Waals surface area contributed by atoms with Gasteiger partial charge in [-0.25, -0.2) is 0 Å². The molecule has 1 aliphatic rings. The molecule has 0 aliphatic carbocycles. The van der Waals surface area contributed by atoms with Crippen LogP contribution in [0, 0.1) is 32.6 Å². The van der Waals surface area contributed by atoms with Crippen LogP contribution in [-0.4, -0.2) is 35.7 Å². The molecule has 3 amide bonds. The second kappa shape index (κ2) is 7.16. The third kappa shape index (κ3) is 3.66. The van der Waals surface area contributed by atoms with E-state index in [1.807, 2.05) is 0 Å². The van der Waals surface area contributed by atoms with Crippen molar-refractivity contribution >= 4 is 17.7 Å². The summed E-state index contributed by atoms with van der Waals surface area (Å²) in [7, 11) is 0. The van der Waals surface area contributed by atoms with Crippen LogP contribution in [0.4, 0.5) is 0 Å². The molecule has 0 radical (unpaired) electrons. The Bertz CT molecular complexity index is 638. The molecule has 24 heavy (non-hydrogen) atoms. The number of hydrogen-bond acceptors (Lipinski definition) is 3. The number of hydrogen-bond donors (Lipinski definition) is 1. The molecule has 0 spiro atoms. The maximum Gasteiger partial charge on any atom is 0.240 e. The minimum absolute atomic E-state index is 0.182. The smallest absolute Gasteiger partial charge is 0.240 e. The van der Waals surface area contributed by atoms with E-state index in [2.05, 4.69) is 38.2 Å². The van der Waals surface area contributed by atoms with Crippen molar-refractivity contribution in [3.8, 4) is 0 Å². The molecule has 0 aromatic heterocycles. The molecule has 1 heterocycles. The van der Waals surface area contributed by atoms with Crippen LogP contribution in [-0.2, 0) is 20.8 Å². The van der Waals surface area contributed by atoms with Gasteiger partial charge in [-0.2, -0.15) is 0 Å². The summed E-state index contributed by atoms with van der Waals surface area (Å²) in [5.41, 5.74) is 4.90. The van der Waals surface area contributed by atoms with Crippen molar-refractivity contribution in [3.63, 3.8) is 0 Å². The standard InChI is InChI=1S/C19H26N2O3/c1-11-8-12(2)16(13(3)9-11)6-7-20-17(22)10-21-18(23)14(4)15(5)19(21)24/h8-9,14-15H,6-7,10H2,1-5H3,(H,20,22). The third-order valence-corrected chi connectivity index (χ3v) is 4.90. The summed E-state index contributed by atoms with van der Waals surface area (Å²) < 4.78 is 0. The molecule has 5 nitrogen and oxygen atoms in total. The van der Waals surface area contributed by atoms with Crippen LogP contribution in [0.2, 0.25) is 0 Å². The lowest BCUT2D eigenvalue weighted by Gasteiger charge is -2.15. The van der Waals surface area contributed by atoms with Crippen LogP contribution < -0.4 is 5.32 Å². The van der Waals surface area contributed by atoms with Gasteiger partial charge in [0.1, 0.15) is 6.54 Å². The van der Waals surface area contributed by atoms with Crippen LogP contribution in [0.3, 0.4) is 0 Å². The molecule has 1 fully saturated rings. The van der Waals surface area contributed by atoms with E-state index in [9.17, 15) is 14.4 Å². The number of rotatable bonds is 5. The van der Waals surface area contributed by atoms with E-state index in [1.165, 1.54) is 22.3 Å². The predicted molar refractivity (Wildman–Crippen MR) is 92.4 cm³/mol. The van der Waals surface area contributed by atoms with E-state index in [4.69, 9.17) is 0 Å². The molecule has 2 rings (SSSR count). The second-order valence-electron chi connectivity index (χ2n) is 6.82. The van der Waals surface area contributed by atoms with Crippen LogP contribution in [0.5, 0.6) is 0 Å². The summed E-state index contributed by atoms with van der Waals surface area (Å²) in [5.74, 6) is -1.49. The number of imide groups is 1. The van der Waals surface area contributed by atoms with Crippen molar-refractivity contribution in [1.82, 2.24) is 10.2 Å². The number of amides is 3. The number of carbonyl (C=O) groups excluding carboxylic acids is 3. The average molecular weight is 330 g/mol. The quantitative estimate of drug-likeness (QED) is 0.839. The molecule has 1 N–H and O–H groups in total. The van der Waals surface area contributed by atoms with Crippen molar-refractivity contribution < 1.29 is 14.4 Å². The number of nitrogens with zero attached hydrogens (tertiary/aromatic N) is 1. The van der Waals surface area contributed by atoms with Gasteiger partial charge in [-0.3, -0.25) is 19.3 Å². The zero-order valence-electron chi connectivity index (χ0n) is 15.1. The number of likely N-dealkylation sites (tertiary alicyclic amines) is 1. The van der Waals surface area contributed by atoms with E-state index >= 15 is 0 Å². The molecule has 2 atom stereocenters. The van der Waals surface area contributed by atoms with E-state index < -0.39 is 0 Å². The predicted octanol–water partition coefficient (Wildman–Crippen LogP) is 1.91. The Hall–Kier alpha value is -2.17. The molecule has 0 saturated carbocycles. The molecule has 2 unspecified atom stereocenters. The zero-order chi connectivity index (χ0) is 18.0. The lowest BCUT2D eigenvalue weighted by atomic mass is 9.97. The Morgan fingerprint density at radius 1 is 1.04 bits per heavy atom. The Labute approximate surface area is 143 Å². The summed E-state index contributed by atoms with van der Waals surface area (Å²) in [5, 5.41) is 2.81. The minimum atomic E-state index is -0.344. The maximum atomic E-state index is 12.1. The molecular formula is C19H26N2O3. The van der Waals surface area contributed by atoms with Gasteiger partial charge in [0.2, 0.25) is 17.7 Å². The molecule has 1 aromatic carbocycles. The number of benzene rings is 1. The van der Waals surface area contributed by atoms with Gasteiger partial charge in [0.15, 0.2) is 0 Å². The van der Waals surface area contributed by atoms with E-state index in [0.717, 1.165) is 11.3 Å². The molecule has 0 bridgehead atoms. The molecule has 5 heteroatoms. The first-order valence-electron chi connectivity index (χ1n) is 8.41. The Kier molecular flexibility index (Phi) is 5.42. The lowest BCUT2D eigenvalue weighted by Crippen LogP contribution is -2.41. The summed E-state index contributed by atoms with van der Waals surface area (Å²) in [6.07, 6.45) is 0.735. The van der Waals surface area contributed by atoms with E-state index in [-0.39, 0.29) is 36.1 Å². The molecule has 130 valence electrons. The largest absolute Gasteiger partial charge is 0.354 e. The van der Waals surface area contributed by atoms with Crippen molar-refractivity contribution in [2.75, 3.05) is 13.1 Å². The fourth-order valence-corrected chi connectivity index (χ4v) is 3.31. The fourth-order valence-electron chi connectivity index (χ4n) is 3.31. The highest BCUT2D eigenvalue weighted by Gasteiger charge is 2.42. The third-order valence-electron chi connectivity index (χ3n) is 4.90. The Morgan fingerprint density at radius 2 is 1.54 bits per heavy atom. The van der Waals surface area contributed by atoms with Crippen LogP contribution >= 0.6 is 0 Å². The normalized spacial score (nSPS) is 20.6. The van der Waals surface area contributed by atoms with Crippen LogP contribution in [0.25, 0.3) is 0 Å². The zero-order valence-corrected chi connectivity index (χ0v) is 15.1. The molecule has 1 saturated heterocycles. The topological polar surface area (TPSA) is 66.5 Å². The van der Waals surface area contributed by atoms with Gasteiger partial charge >= 0.3 is 0 Å². The van der Waals surface area contributed by atoms with Crippen molar-refractivity contribution in [1.29, 1.82) is 0 Å². The van der Waals surface area contributed by atoms with Gasteiger partial charge in [-0.1, -0.05) is 31.5 Å². The number of carbonyl (C=O) groups is 3. The number of aryl methyl sites for hydroxylation is 3. The summed E-state index contributed by atoms with van der Waals surface area (Å²) in [6.45, 7) is 9.97. The lowest BCUT2D eigenvalue weighted by molar-refractivity contribution is -0.143. The monoisotopic (exact) mass is 330 g/mol. The Morgan fingerprint density at radius 3 is 2.04 bits per heavy atom. The number of nitrogens with one attached hydrogen (secondary N) is 1. The summed E-state index contributed by atoms with van der Waals surface area (Å²) in [6, 6.07) is 4.27. The van der Waals surface area contributed by atoms with Gasteiger partial charge in [0, 0.05) is 18.4 Å². The second-order valence-corrected chi connectivity index (χ2v) is 6.82. The van der Waals surface area contributed by atoms with Gasteiger partial charge in [0.25, 0.3) is 0 Å². The minimum Gasteiger partial charge on any atom is -0.354 e. The van der Waals surface area contributed by atoms with Crippen molar-refractivity contribution in [2.45, 2.75) is 41.0 Å². The van der Waals surface area contributed by atoms with Gasteiger partial charge in [0.05, 0.1) is 0 Å². The van der Waals surface area contributed by atoms with Crippen LogP contribution in [0.1, 0.15) is 36.1 Å². The first-order valence-corrected chi connectivity index (χ1v) is 8.41. The maximum absolute atomic E-state index is 12.1. The van der Waals surface area contributed by atoms with Gasteiger partial charge in [-0.05, 0) is 43.9 Å². The highest BCUT2D eigenvalue weighted by molar-refractivity contribution is 6.06. The van der Waals surface area contributed by atoms with E-state index in [0.29, 0.717) is 6.54 Å². The molecule has 1 aliphatic heterocycles. The fraction of sp³-hybridized carbons (Fsp3) is 0.526. The molecule has 1 aromatic rings. The first-order chi connectivity index (χ1) is 11.2. The van der Waals surface area contributed by atoms with Crippen LogP contribution in [0.15, 0.2) is 12.1 Å². The van der Waals surface area contributed by atoms with E-state index in [1.54, 1.807) is 13.8 Å². The summed E-state index contributed by atoms with van der Waals surface area (Å²) >= 11 is 0. The van der Waals surface area contributed by atoms with Crippen molar-refractivity contribution in [2.24, 2.45) is 11.8 Å². The molecular weight excluding hydrogens is 304 g/mol. The average Bonchev–Trinajstić information content (AvgIpc) is 2.68. The highest BCUT2D eigenvalue weighted by Crippen LogP contribution is 2.24. The first kappa shape index (κ1) is 18.2. The van der Waals surface area contributed by atoms with Gasteiger partial charge in [-0.15, -0.1) is 0 Å². The SMILES string of the molecule is Cc1cc(C)c(CCNC(=O)CN2C(=O)C(C)C(C)C2=O)c(C)c1. The summed E-state index contributed by atoms with van der Waals surface area (Å²) in [4.78, 5) is 37.1. The Balaban J connectivity index is 1.89. The highest BCUT2D eigenvalue weighted by atomic mass is 16.2. The van der Waals surface area contributed by atoms with Gasteiger partial charge < -0.3 is 5.32 Å².